The van der Waals surface area contributed by atoms with Gasteiger partial charge in [-0.2, -0.15) is 5.10 Å². The summed E-state index contributed by atoms with van der Waals surface area (Å²) in [7, 11) is 1.91. The van der Waals surface area contributed by atoms with Gasteiger partial charge in [-0.3, -0.25) is 4.68 Å². The average Bonchev–Trinajstić information content (AvgIpc) is 2.79. The van der Waals surface area contributed by atoms with Gasteiger partial charge in [0.25, 0.3) is 0 Å². The Balaban J connectivity index is 2.05. The molecule has 0 aliphatic rings. The molecule has 0 fully saturated rings. The number of nitrogens with one attached hydrogen (secondary N) is 1. The fraction of sp³-hybridized carbons (Fsp3) is 0.308. The molecule has 0 bridgehead atoms. The second kappa shape index (κ2) is 4.84. The van der Waals surface area contributed by atoms with Gasteiger partial charge in [-0.15, -0.1) is 0 Å². The maximum absolute atomic E-state index is 4.34. The lowest BCUT2D eigenvalue weighted by molar-refractivity contribution is 0.489. The zero-order valence-electron chi connectivity index (χ0n) is 9.72. The van der Waals surface area contributed by atoms with E-state index in [4.69, 9.17) is 0 Å². The first-order valence-electron chi connectivity index (χ1n) is 5.55. The van der Waals surface area contributed by atoms with Gasteiger partial charge in [0.1, 0.15) is 0 Å². The van der Waals surface area contributed by atoms with Crippen LogP contribution in [0.15, 0.2) is 42.7 Å². The third-order valence-electron chi connectivity index (χ3n) is 2.72. The Bertz CT molecular complexity index is 433. The van der Waals surface area contributed by atoms with Gasteiger partial charge in [0, 0.05) is 13.2 Å². The van der Waals surface area contributed by atoms with Crippen molar-refractivity contribution in [1.29, 1.82) is 0 Å². The van der Waals surface area contributed by atoms with E-state index in [0.717, 1.165) is 12.1 Å². The second-order valence-corrected chi connectivity index (χ2v) is 4.00. The SMILES string of the molecule is CNc1cnn(C(C)Cc2ccccc2)c1. The first-order chi connectivity index (χ1) is 7.79. The van der Waals surface area contributed by atoms with Gasteiger partial charge in [-0.1, -0.05) is 30.3 Å². The summed E-state index contributed by atoms with van der Waals surface area (Å²) in [4.78, 5) is 0. The van der Waals surface area contributed by atoms with Crippen LogP contribution in [-0.2, 0) is 6.42 Å². The first kappa shape index (κ1) is 10.7. The summed E-state index contributed by atoms with van der Waals surface area (Å²) < 4.78 is 2.00. The lowest BCUT2D eigenvalue weighted by Crippen LogP contribution is -2.08. The monoisotopic (exact) mass is 215 g/mol. The van der Waals surface area contributed by atoms with E-state index < -0.39 is 0 Å². The van der Waals surface area contributed by atoms with Crippen molar-refractivity contribution in [2.24, 2.45) is 0 Å². The summed E-state index contributed by atoms with van der Waals surface area (Å²) in [6.07, 6.45) is 4.89. The van der Waals surface area contributed by atoms with E-state index in [1.54, 1.807) is 0 Å². The molecule has 1 aromatic carbocycles. The molecule has 0 saturated heterocycles. The van der Waals surface area contributed by atoms with E-state index in [9.17, 15) is 0 Å². The summed E-state index contributed by atoms with van der Waals surface area (Å²) >= 11 is 0. The molecule has 0 radical (unpaired) electrons. The Kier molecular flexibility index (Phi) is 3.25. The summed E-state index contributed by atoms with van der Waals surface area (Å²) in [5, 5.41) is 7.42. The maximum atomic E-state index is 4.34. The molecular formula is C13H17N3. The number of hydrogen-bond acceptors (Lipinski definition) is 2. The molecule has 3 nitrogen and oxygen atoms in total. The van der Waals surface area contributed by atoms with Crippen LogP contribution in [0.4, 0.5) is 5.69 Å². The smallest absolute Gasteiger partial charge is 0.0724 e. The predicted octanol–water partition coefficient (Wildman–Crippen LogP) is 2.73. The third-order valence-corrected chi connectivity index (χ3v) is 2.72. The van der Waals surface area contributed by atoms with Crippen molar-refractivity contribution in [3.05, 3.63) is 48.3 Å². The van der Waals surface area contributed by atoms with Crippen molar-refractivity contribution in [3.63, 3.8) is 0 Å². The highest BCUT2D eigenvalue weighted by atomic mass is 15.3. The number of anilines is 1. The van der Waals surface area contributed by atoms with Crippen molar-refractivity contribution in [2.45, 2.75) is 19.4 Å². The van der Waals surface area contributed by atoms with Gasteiger partial charge in [-0.05, 0) is 18.9 Å². The predicted molar refractivity (Wildman–Crippen MR) is 66.6 cm³/mol. The molecule has 2 aromatic rings. The number of aromatic nitrogens is 2. The van der Waals surface area contributed by atoms with Crippen LogP contribution in [0, 0.1) is 0 Å². The number of hydrogen-bond donors (Lipinski definition) is 1. The molecule has 0 saturated carbocycles. The fourth-order valence-electron chi connectivity index (χ4n) is 1.76. The van der Waals surface area contributed by atoms with Gasteiger partial charge >= 0.3 is 0 Å². The lowest BCUT2D eigenvalue weighted by atomic mass is 10.1. The largest absolute Gasteiger partial charge is 0.386 e. The molecule has 1 heterocycles. The highest BCUT2D eigenvalue weighted by molar-refractivity contribution is 5.37. The summed E-state index contributed by atoms with van der Waals surface area (Å²) in [6.45, 7) is 2.18. The van der Waals surface area contributed by atoms with Crippen LogP contribution in [0.2, 0.25) is 0 Å². The zero-order chi connectivity index (χ0) is 11.4. The van der Waals surface area contributed by atoms with Crippen LogP contribution in [0.25, 0.3) is 0 Å². The number of rotatable bonds is 4. The van der Waals surface area contributed by atoms with E-state index in [1.807, 2.05) is 30.2 Å². The van der Waals surface area contributed by atoms with Crippen LogP contribution in [0.5, 0.6) is 0 Å². The third kappa shape index (κ3) is 2.42. The van der Waals surface area contributed by atoms with Gasteiger partial charge in [0.15, 0.2) is 0 Å². The average molecular weight is 215 g/mol. The minimum Gasteiger partial charge on any atom is -0.386 e. The molecule has 1 aromatic heterocycles. The molecule has 16 heavy (non-hydrogen) atoms. The van der Waals surface area contributed by atoms with Crippen LogP contribution >= 0.6 is 0 Å². The molecule has 0 spiro atoms. The molecular weight excluding hydrogens is 198 g/mol. The molecule has 1 unspecified atom stereocenters. The van der Waals surface area contributed by atoms with Crippen molar-refractivity contribution in [2.75, 3.05) is 12.4 Å². The first-order valence-corrected chi connectivity index (χ1v) is 5.55. The Morgan fingerprint density at radius 1 is 1.31 bits per heavy atom. The molecule has 0 aliphatic heterocycles. The maximum Gasteiger partial charge on any atom is 0.0724 e. The minimum atomic E-state index is 0.379. The topological polar surface area (TPSA) is 29.9 Å². The van der Waals surface area contributed by atoms with Gasteiger partial charge < -0.3 is 5.32 Å². The van der Waals surface area contributed by atoms with Crippen molar-refractivity contribution in [3.8, 4) is 0 Å². The van der Waals surface area contributed by atoms with Crippen LogP contribution in [0.1, 0.15) is 18.5 Å². The molecule has 0 amide bonds. The molecule has 1 atom stereocenters. The van der Waals surface area contributed by atoms with E-state index >= 15 is 0 Å². The van der Waals surface area contributed by atoms with Crippen LogP contribution in [0.3, 0.4) is 0 Å². The Morgan fingerprint density at radius 2 is 2.06 bits per heavy atom. The Labute approximate surface area is 96.1 Å². The highest BCUT2D eigenvalue weighted by Crippen LogP contribution is 2.15. The second-order valence-electron chi connectivity index (χ2n) is 4.00. The summed E-state index contributed by atoms with van der Waals surface area (Å²) in [5.41, 5.74) is 2.40. The molecule has 0 aliphatic carbocycles. The molecule has 1 N–H and O–H groups in total. The minimum absolute atomic E-state index is 0.379. The quantitative estimate of drug-likeness (QED) is 0.849. The molecule has 84 valence electrons. The number of benzene rings is 1. The van der Waals surface area contributed by atoms with Crippen LogP contribution in [-0.4, -0.2) is 16.8 Å². The van der Waals surface area contributed by atoms with Crippen molar-refractivity contribution in [1.82, 2.24) is 9.78 Å². The Hall–Kier alpha value is -1.77. The summed E-state index contributed by atoms with van der Waals surface area (Å²) in [5.74, 6) is 0. The van der Waals surface area contributed by atoms with Crippen molar-refractivity contribution < 1.29 is 0 Å². The van der Waals surface area contributed by atoms with E-state index in [1.165, 1.54) is 5.56 Å². The van der Waals surface area contributed by atoms with E-state index in [-0.39, 0.29) is 0 Å². The van der Waals surface area contributed by atoms with E-state index in [2.05, 4.69) is 41.6 Å². The fourth-order valence-corrected chi connectivity index (χ4v) is 1.76. The van der Waals surface area contributed by atoms with Gasteiger partial charge in [-0.25, -0.2) is 0 Å². The van der Waals surface area contributed by atoms with Crippen molar-refractivity contribution >= 4 is 5.69 Å². The summed E-state index contributed by atoms with van der Waals surface area (Å²) in [6, 6.07) is 10.9. The Morgan fingerprint density at radius 3 is 2.69 bits per heavy atom. The molecule has 2 rings (SSSR count). The van der Waals surface area contributed by atoms with Gasteiger partial charge in [0.2, 0.25) is 0 Å². The molecule has 3 heteroatoms. The highest BCUT2D eigenvalue weighted by Gasteiger charge is 2.06. The van der Waals surface area contributed by atoms with Crippen LogP contribution < -0.4 is 5.32 Å². The zero-order valence-corrected chi connectivity index (χ0v) is 9.72. The lowest BCUT2D eigenvalue weighted by Gasteiger charge is -2.11. The standard InChI is InChI=1S/C13H17N3/c1-11(8-12-6-4-3-5-7-12)16-10-13(14-2)9-15-16/h3-7,9-11,14H,8H2,1-2H3. The van der Waals surface area contributed by atoms with Gasteiger partial charge in [0.05, 0.1) is 17.9 Å². The number of nitrogens with zero attached hydrogens (tertiary/aromatic N) is 2. The van der Waals surface area contributed by atoms with E-state index in [0.29, 0.717) is 6.04 Å². The normalized spacial score (nSPS) is 12.4.